The lowest BCUT2D eigenvalue weighted by Gasteiger charge is -2.11. The summed E-state index contributed by atoms with van der Waals surface area (Å²) < 4.78 is 5.28. The molecule has 86 valence electrons. The van der Waals surface area contributed by atoms with Gasteiger partial charge in [0.2, 0.25) is 5.76 Å². The number of aromatic nitrogens is 1. The Morgan fingerprint density at radius 2 is 2.29 bits per heavy atom. The number of furan rings is 1. The average Bonchev–Trinajstić information content (AvgIpc) is 2.85. The standard InChI is InChI=1S/C13H13N3O/c1-10(13-4-2-3-7-15-13)16-9-12-6-5-11(8-14)17-12/h2-7,10,16H,9H2,1H3/t10-/m1/s1. The lowest BCUT2D eigenvalue weighted by Crippen LogP contribution is -2.18. The van der Waals surface area contributed by atoms with Crippen LogP contribution >= 0.6 is 0 Å². The molecule has 2 aromatic rings. The summed E-state index contributed by atoms with van der Waals surface area (Å²) in [4.78, 5) is 4.27. The van der Waals surface area contributed by atoms with E-state index in [0.717, 1.165) is 11.5 Å². The molecule has 0 bridgehead atoms. The van der Waals surface area contributed by atoms with E-state index >= 15 is 0 Å². The molecular formula is C13H13N3O. The third-order valence-corrected chi connectivity index (χ3v) is 2.49. The Hall–Kier alpha value is -2.12. The summed E-state index contributed by atoms with van der Waals surface area (Å²) >= 11 is 0. The molecule has 0 unspecified atom stereocenters. The minimum Gasteiger partial charge on any atom is -0.449 e. The van der Waals surface area contributed by atoms with Crippen LogP contribution in [0.3, 0.4) is 0 Å². The zero-order valence-corrected chi connectivity index (χ0v) is 9.55. The third kappa shape index (κ3) is 2.92. The lowest BCUT2D eigenvalue weighted by molar-refractivity contribution is 0.451. The molecule has 4 heteroatoms. The van der Waals surface area contributed by atoms with Crippen molar-refractivity contribution in [3.63, 3.8) is 0 Å². The van der Waals surface area contributed by atoms with Gasteiger partial charge in [-0.3, -0.25) is 4.98 Å². The van der Waals surface area contributed by atoms with Crippen LogP contribution < -0.4 is 5.32 Å². The largest absolute Gasteiger partial charge is 0.449 e. The van der Waals surface area contributed by atoms with Crippen molar-refractivity contribution < 1.29 is 4.42 Å². The summed E-state index contributed by atoms with van der Waals surface area (Å²) in [5.41, 5.74) is 0.986. The molecule has 0 radical (unpaired) electrons. The minimum absolute atomic E-state index is 0.145. The van der Waals surface area contributed by atoms with Gasteiger partial charge in [0, 0.05) is 12.2 Å². The van der Waals surface area contributed by atoms with E-state index in [1.165, 1.54) is 0 Å². The molecule has 0 aliphatic rings. The zero-order valence-electron chi connectivity index (χ0n) is 9.55. The van der Waals surface area contributed by atoms with Crippen molar-refractivity contribution in [2.24, 2.45) is 0 Å². The summed E-state index contributed by atoms with van der Waals surface area (Å²) in [7, 11) is 0. The highest BCUT2D eigenvalue weighted by molar-refractivity contribution is 5.19. The van der Waals surface area contributed by atoms with Crippen molar-refractivity contribution >= 4 is 0 Å². The molecule has 2 rings (SSSR count). The highest BCUT2D eigenvalue weighted by Crippen LogP contribution is 2.11. The Balaban J connectivity index is 1.92. The number of pyridine rings is 1. The maximum absolute atomic E-state index is 8.63. The second kappa shape index (κ2) is 5.28. The maximum atomic E-state index is 8.63. The van der Waals surface area contributed by atoms with Crippen molar-refractivity contribution in [1.82, 2.24) is 10.3 Å². The van der Waals surface area contributed by atoms with Gasteiger partial charge in [-0.05, 0) is 31.2 Å². The van der Waals surface area contributed by atoms with E-state index in [4.69, 9.17) is 9.68 Å². The number of nitrogens with one attached hydrogen (secondary N) is 1. The summed E-state index contributed by atoms with van der Waals surface area (Å²) in [6, 6.07) is 11.4. The summed E-state index contributed by atoms with van der Waals surface area (Å²) in [5, 5.41) is 11.9. The van der Waals surface area contributed by atoms with Crippen molar-refractivity contribution in [1.29, 1.82) is 5.26 Å². The minimum atomic E-state index is 0.145. The summed E-state index contributed by atoms with van der Waals surface area (Å²) in [5.74, 6) is 1.09. The highest BCUT2D eigenvalue weighted by Gasteiger charge is 2.07. The van der Waals surface area contributed by atoms with E-state index in [2.05, 4.69) is 10.3 Å². The van der Waals surface area contributed by atoms with Crippen molar-refractivity contribution in [3.8, 4) is 6.07 Å². The van der Waals surface area contributed by atoms with Crippen LogP contribution in [-0.2, 0) is 6.54 Å². The molecule has 4 nitrogen and oxygen atoms in total. The monoisotopic (exact) mass is 227 g/mol. The van der Waals surface area contributed by atoms with E-state index in [0.29, 0.717) is 12.3 Å². The second-order valence-electron chi connectivity index (χ2n) is 3.73. The van der Waals surface area contributed by atoms with Gasteiger partial charge >= 0.3 is 0 Å². The maximum Gasteiger partial charge on any atom is 0.203 e. The molecule has 0 fully saturated rings. The van der Waals surface area contributed by atoms with Crippen LogP contribution in [0.25, 0.3) is 0 Å². The van der Waals surface area contributed by atoms with Gasteiger partial charge in [0.05, 0.1) is 12.2 Å². The van der Waals surface area contributed by atoms with Crippen molar-refractivity contribution in [2.75, 3.05) is 0 Å². The Morgan fingerprint density at radius 1 is 1.41 bits per heavy atom. The first-order chi connectivity index (χ1) is 8.29. The van der Waals surface area contributed by atoms with E-state index < -0.39 is 0 Å². The van der Waals surface area contributed by atoms with Gasteiger partial charge < -0.3 is 9.73 Å². The Bertz CT molecular complexity index is 513. The molecule has 0 spiro atoms. The van der Waals surface area contributed by atoms with Gasteiger partial charge in [-0.25, -0.2) is 0 Å². The quantitative estimate of drug-likeness (QED) is 0.871. The fourth-order valence-corrected chi connectivity index (χ4v) is 1.52. The molecule has 0 aromatic carbocycles. The fraction of sp³-hybridized carbons (Fsp3) is 0.231. The number of rotatable bonds is 4. The predicted molar refractivity (Wildman–Crippen MR) is 62.9 cm³/mol. The molecule has 0 aliphatic heterocycles. The van der Waals surface area contributed by atoms with Crippen LogP contribution in [0.5, 0.6) is 0 Å². The van der Waals surface area contributed by atoms with Crippen LogP contribution in [0.1, 0.15) is 30.2 Å². The Kier molecular flexibility index (Phi) is 3.53. The van der Waals surface area contributed by atoms with E-state index in [1.807, 2.05) is 31.2 Å². The van der Waals surface area contributed by atoms with E-state index in [1.54, 1.807) is 18.3 Å². The van der Waals surface area contributed by atoms with Crippen LogP contribution in [0.4, 0.5) is 0 Å². The first-order valence-corrected chi connectivity index (χ1v) is 5.42. The molecule has 2 heterocycles. The van der Waals surface area contributed by atoms with Gasteiger partial charge in [0.1, 0.15) is 11.8 Å². The van der Waals surface area contributed by atoms with Gasteiger partial charge in [0.15, 0.2) is 0 Å². The Labute approximate surface area is 99.9 Å². The Morgan fingerprint density at radius 3 is 2.94 bits per heavy atom. The van der Waals surface area contributed by atoms with Gasteiger partial charge in [-0.2, -0.15) is 5.26 Å². The highest BCUT2D eigenvalue weighted by atomic mass is 16.3. The molecule has 0 saturated carbocycles. The normalized spacial score (nSPS) is 12.0. The van der Waals surface area contributed by atoms with Crippen LogP contribution in [0, 0.1) is 11.3 Å². The van der Waals surface area contributed by atoms with Crippen molar-refractivity contribution in [2.45, 2.75) is 19.5 Å². The first kappa shape index (κ1) is 11.4. The zero-order chi connectivity index (χ0) is 12.1. The molecular weight excluding hydrogens is 214 g/mol. The smallest absolute Gasteiger partial charge is 0.203 e. The third-order valence-electron chi connectivity index (χ3n) is 2.49. The molecule has 0 saturated heterocycles. The van der Waals surface area contributed by atoms with Crippen LogP contribution in [0.15, 0.2) is 40.9 Å². The van der Waals surface area contributed by atoms with Gasteiger partial charge in [-0.15, -0.1) is 0 Å². The SMILES string of the molecule is C[C@@H](NCc1ccc(C#N)o1)c1ccccn1. The predicted octanol–water partition coefficient (Wildman–Crippen LogP) is 2.40. The number of hydrogen-bond donors (Lipinski definition) is 1. The molecule has 2 aromatic heterocycles. The molecule has 1 atom stereocenters. The second-order valence-corrected chi connectivity index (χ2v) is 3.73. The topological polar surface area (TPSA) is 61.9 Å². The summed E-state index contributed by atoms with van der Waals surface area (Å²) in [6.07, 6.45) is 1.77. The molecule has 0 amide bonds. The number of nitrogens with zero attached hydrogens (tertiary/aromatic N) is 2. The molecule has 17 heavy (non-hydrogen) atoms. The fourth-order valence-electron chi connectivity index (χ4n) is 1.52. The van der Waals surface area contributed by atoms with Gasteiger partial charge in [0.25, 0.3) is 0 Å². The van der Waals surface area contributed by atoms with E-state index in [-0.39, 0.29) is 6.04 Å². The lowest BCUT2D eigenvalue weighted by atomic mass is 10.2. The first-order valence-electron chi connectivity index (χ1n) is 5.42. The van der Waals surface area contributed by atoms with E-state index in [9.17, 15) is 0 Å². The average molecular weight is 227 g/mol. The molecule has 0 aliphatic carbocycles. The van der Waals surface area contributed by atoms with Crippen LogP contribution in [0.2, 0.25) is 0 Å². The van der Waals surface area contributed by atoms with Gasteiger partial charge in [-0.1, -0.05) is 6.07 Å². The molecule has 1 N–H and O–H groups in total. The van der Waals surface area contributed by atoms with Crippen LogP contribution in [-0.4, -0.2) is 4.98 Å². The van der Waals surface area contributed by atoms with Crippen molar-refractivity contribution in [3.05, 3.63) is 53.7 Å². The number of nitriles is 1. The summed E-state index contributed by atoms with van der Waals surface area (Å²) in [6.45, 7) is 2.62. The number of hydrogen-bond acceptors (Lipinski definition) is 4.